The van der Waals surface area contributed by atoms with E-state index >= 15 is 0 Å². The molecule has 2 atom stereocenters. The Kier molecular flexibility index (Phi) is 4.10. The minimum absolute atomic E-state index is 0.0555. The minimum atomic E-state index is -3.41. The first-order chi connectivity index (χ1) is 8.95. The first-order valence-electron chi connectivity index (χ1n) is 6.61. The third-order valence-corrected chi connectivity index (χ3v) is 5.68. The summed E-state index contributed by atoms with van der Waals surface area (Å²) in [7, 11) is -1.69. The van der Waals surface area contributed by atoms with E-state index < -0.39 is 10.0 Å². The zero-order chi connectivity index (χ0) is 14.0. The van der Waals surface area contributed by atoms with Crippen molar-refractivity contribution in [1.29, 1.82) is 0 Å². The van der Waals surface area contributed by atoms with Crippen LogP contribution in [-0.2, 0) is 10.0 Å². The molecule has 19 heavy (non-hydrogen) atoms. The molecule has 0 amide bonds. The summed E-state index contributed by atoms with van der Waals surface area (Å²) in [5, 5.41) is 2.87. The minimum Gasteiger partial charge on any atom is -0.373 e. The van der Waals surface area contributed by atoms with Gasteiger partial charge in [0.15, 0.2) is 0 Å². The highest BCUT2D eigenvalue weighted by Crippen LogP contribution is 2.28. The van der Waals surface area contributed by atoms with Crippen LogP contribution in [0.4, 0.5) is 5.82 Å². The van der Waals surface area contributed by atoms with Crippen LogP contribution in [0.2, 0.25) is 0 Å². The van der Waals surface area contributed by atoms with Crippen LogP contribution in [0, 0.1) is 5.92 Å². The van der Waals surface area contributed by atoms with Crippen molar-refractivity contribution in [2.24, 2.45) is 5.92 Å². The van der Waals surface area contributed by atoms with Crippen molar-refractivity contribution in [3.8, 4) is 0 Å². The summed E-state index contributed by atoms with van der Waals surface area (Å²) in [6.07, 6.45) is 3.37. The van der Waals surface area contributed by atoms with Crippen LogP contribution in [0.5, 0.6) is 0 Å². The van der Waals surface area contributed by atoms with Gasteiger partial charge in [-0.2, -0.15) is 4.31 Å². The van der Waals surface area contributed by atoms with Crippen LogP contribution in [0.1, 0.15) is 26.7 Å². The SMILES string of the molecule is CNc1cc(S(=O)(=O)N2CCC(C)CC2C)ccn1. The summed E-state index contributed by atoms with van der Waals surface area (Å²) in [6.45, 7) is 4.75. The van der Waals surface area contributed by atoms with Gasteiger partial charge in [0, 0.05) is 31.9 Å². The van der Waals surface area contributed by atoms with E-state index in [0.29, 0.717) is 23.2 Å². The topological polar surface area (TPSA) is 62.3 Å². The second-order valence-electron chi connectivity index (χ2n) is 5.22. The van der Waals surface area contributed by atoms with Gasteiger partial charge < -0.3 is 5.32 Å². The molecule has 0 aromatic carbocycles. The summed E-state index contributed by atoms with van der Waals surface area (Å²) in [6, 6.07) is 3.20. The van der Waals surface area contributed by atoms with Crippen LogP contribution in [-0.4, -0.2) is 37.3 Å². The molecule has 2 heterocycles. The lowest BCUT2D eigenvalue weighted by Crippen LogP contribution is -2.44. The number of pyridine rings is 1. The standard InChI is InChI=1S/C13H21N3O2S/c1-10-5-7-16(11(2)8-10)19(17,18)12-4-6-15-13(9-12)14-3/h4,6,9-11H,5,7-8H2,1-3H3,(H,14,15). The lowest BCUT2D eigenvalue weighted by atomic mass is 9.95. The lowest BCUT2D eigenvalue weighted by Gasteiger charge is -2.35. The number of anilines is 1. The predicted molar refractivity (Wildman–Crippen MR) is 75.5 cm³/mol. The fourth-order valence-electron chi connectivity index (χ4n) is 2.59. The first kappa shape index (κ1) is 14.3. The van der Waals surface area contributed by atoms with Crippen LogP contribution in [0.15, 0.2) is 23.2 Å². The maximum atomic E-state index is 12.6. The van der Waals surface area contributed by atoms with Crippen molar-refractivity contribution < 1.29 is 8.42 Å². The smallest absolute Gasteiger partial charge is 0.243 e. The Bertz CT molecular complexity index is 545. The third-order valence-electron chi connectivity index (χ3n) is 3.67. The summed E-state index contributed by atoms with van der Waals surface area (Å²) in [4.78, 5) is 4.37. The van der Waals surface area contributed by atoms with Gasteiger partial charge >= 0.3 is 0 Å². The second kappa shape index (κ2) is 5.46. The van der Waals surface area contributed by atoms with Gasteiger partial charge in [-0.05, 0) is 31.7 Å². The van der Waals surface area contributed by atoms with E-state index in [-0.39, 0.29) is 6.04 Å². The Balaban J connectivity index is 2.31. The molecular formula is C13H21N3O2S. The molecule has 1 N–H and O–H groups in total. The quantitative estimate of drug-likeness (QED) is 0.920. The van der Waals surface area contributed by atoms with Gasteiger partial charge in [0.25, 0.3) is 0 Å². The second-order valence-corrected chi connectivity index (χ2v) is 7.11. The maximum absolute atomic E-state index is 12.6. The van der Waals surface area contributed by atoms with E-state index in [0.717, 1.165) is 12.8 Å². The average molecular weight is 283 g/mol. The van der Waals surface area contributed by atoms with Gasteiger partial charge in [-0.15, -0.1) is 0 Å². The third kappa shape index (κ3) is 2.90. The molecule has 1 aliphatic heterocycles. The Morgan fingerprint density at radius 2 is 2.16 bits per heavy atom. The van der Waals surface area contributed by atoms with Crippen LogP contribution in [0.3, 0.4) is 0 Å². The van der Waals surface area contributed by atoms with E-state index in [1.54, 1.807) is 23.5 Å². The number of piperidine rings is 1. The Labute approximate surface area is 115 Å². The number of hydrogen-bond donors (Lipinski definition) is 1. The van der Waals surface area contributed by atoms with Crippen LogP contribution >= 0.6 is 0 Å². The Morgan fingerprint density at radius 1 is 1.42 bits per heavy atom. The van der Waals surface area contributed by atoms with Crippen molar-refractivity contribution in [2.75, 3.05) is 18.9 Å². The molecule has 2 unspecified atom stereocenters. The van der Waals surface area contributed by atoms with Crippen LogP contribution < -0.4 is 5.32 Å². The largest absolute Gasteiger partial charge is 0.373 e. The van der Waals surface area contributed by atoms with E-state index in [1.807, 2.05) is 6.92 Å². The van der Waals surface area contributed by atoms with Gasteiger partial charge in [0.2, 0.25) is 10.0 Å². The zero-order valence-corrected chi connectivity index (χ0v) is 12.4. The molecule has 0 aliphatic carbocycles. The van der Waals surface area contributed by atoms with Crippen molar-refractivity contribution >= 4 is 15.8 Å². The lowest BCUT2D eigenvalue weighted by molar-refractivity contribution is 0.220. The fourth-order valence-corrected chi connectivity index (χ4v) is 4.26. The molecule has 5 nitrogen and oxygen atoms in total. The molecule has 0 bridgehead atoms. The molecule has 6 heteroatoms. The van der Waals surface area contributed by atoms with Crippen molar-refractivity contribution in [3.05, 3.63) is 18.3 Å². The highest BCUT2D eigenvalue weighted by Gasteiger charge is 2.33. The predicted octanol–water partition coefficient (Wildman–Crippen LogP) is 1.93. The molecule has 0 saturated carbocycles. The van der Waals surface area contributed by atoms with E-state index in [1.165, 1.54) is 6.20 Å². The summed E-state index contributed by atoms with van der Waals surface area (Å²) >= 11 is 0. The molecule has 1 fully saturated rings. The highest BCUT2D eigenvalue weighted by molar-refractivity contribution is 7.89. The molecular weight excluding hydrogens is 262 g/mol. The molecule has 0 spiro atoms. The molecule has 2 rings (SSSR count). The van der Waals surface area contributed by atoms with E-state index in [4.69, 9.17) is 0 Å². The number of rotatable bonds is 3. The molecule has 1 saturated heterocycles. The monoisotopic (exact) mass is 283 g/mol. The normalized spacial score (nSPS) is 25.2. The molecule has 1 aromatic heterocycles. The molecule has 0 radical (unpaired) electrons. The van der Waals surface area contributed by atoms with Gasteiger partial charge in [0.05, 0.1) is 4.90 Å². The first-order valence-corrected chi connectivity index (χ1v) is 8.05. The van der Waals surface area contributed by atoms with Gasteiger partial charge in [0.1, 0.15) is 5.82 Å². The summed E-state index contributed by atoms with van der Waals surface area (Å²) in [5.74, 6) is 1.16. The summed E-state index contributed by atoms with van der Waals surface area (Å²) in [5.41, 5.74) is 0. The Hall–Kier alpha value is -1.14. The van der Waals surface area contributed by atoms with Crippen molar-refractivity contribution in [1.82, 2.24) is 9.29 Å². The summed E-state index contributed by atoms with van der Waals surface area (Å²) < 4.78 is 26.9. The van der Waals surface area contributed by atoms with Crippen LogP contribution in [0.25, 0.3) is 0 Å². The highest BCUT2D eigenvalue weighted by atomic mass is 32.2. The van der Waals surface area contributed by atoms with Gasteiger partial charge in [-0.25, -0.2) is 13.4 Å². The van der Waals surface area contributed by atoms with Crippen molar-refractivity contribution in [2.45, 2.75) is 37.6 Å². The Morgan fingerprint density at radius 3 is 2.79 bits per heavy atom. The maximum Gasteiger partial charge on any atom is 0.243 e. The van der Waals surface area contributed by atoms with E-state index in [2.05, 4.69) is 17.2 Å². The number of nitrogens with zero attached hydrogens (tertiary/aromatic N) is 2. The number of sulfonamides is 1. The number of nitrogens with one attached hydrogen (secondary N) is 1. The average Bonchev–Trinajstić information content (AvgIpc) is 2.38. The number of hydrogen-bond acceptors (Lipinski definition) is 4. The van der Waals surface area contributed by atoms with E-state index in [9.17, 15) is 8.42 Å². The molecule has 1 aliphatic rings. The molecule has 1 aromatic rings. The van der Waals surface area contributed by atoms with Crippen molar-refractivity contribution in [3.63, 3.8) is 0 Å². The molecule has 106 valence electrons. The zero-order valence-electron chi connectivity index (χ0n) is 11.6. The van der Waals surface area contributed by atoms with Gasteiger partial charge in [-0.3, -0.25) is 0 Å². The fraction of sp³-hybridized carbons (Fsp3) is 0.615. The number of aromatic nitrogens is 1. The van der Waals surface area contributed by atoms with Gasteiger partial charge in [-0.1, -0.05) is 6.92 Å².